The van der Waals surface area contributed by atoms with Crippen molar-refractivity contribution in [1.82, 2.24) is 10.2 Å². The Labute approximate surface area is 91.5 Å². The van der Waals surface area contributed by atoms with Gasteiger partial charge in [-0.2, -0.15) is 0 Å². The average molecular weight is 208 g/mol. The van der Waals surface area contributed by atoms with Gasteiger partial charge in [0.15, 0.2) is 0 Å². The highest BCUT2D eigenvalue weighted by Gasteiger charge is 2.26. The van der Waals surface area contributed by atoms with Crippen LogP contribution in [0.5, 0.6) is 0 Å². The average Bonchev–Trinajstić information content (AvgIpc) is 2.29. The van der Waals surface area contributed by atoms with Gasteiger partial charge in [-0.15, -0.1) is 0 Å². The van der Waals surface area contributed by atoms with E-state index in [1.54, 1.807) is 0 Å². The number of nitrogens with zero attached hydrogens (tertiary/aromatic N) is 1. The zero-order valence-electron chi connectivity index (χ0n) is 9.46. The second-order valence-electron chi connectivity index (χ2n) is 4.62. The van der Waals surface area contributed by atoms with Crippen molar-refractivity contribution < 1.29 is 4.79 Å². The number of nitrogens with one attached hydrogen (secondary N) is 1. The maximum absolute atomic E-state index is 12.2. The van der Waals surface area contributed by atoms with Crippen LogP contribution in [0.2, 0.25) is 0 Å². The second-order valence-corrected chi connectivity index (χ2v) is 4.62. The Bertz CT molecular complexity index is 267. The smallest absolute Gasteiger partial charge is 0.226 e. The summed E-state index contributed by atoms with van der Waals surface area (Å²) in [5.74, 6) is 0.654. The van der Waals surface area contributed by atoms with Crippen LogP contribution in [-0.2, 0) is 4.79 Å². The van der Waals surface area contributed by atoms with Gasteiger partial charge in [-0.25, -0.2) is 0 Å². The Kier molecular flexibility index (Phi) is 3.41. The molecule has 0 aromatic heterocycles. The van der Waals surface area contributed by atoms with Crippen molar-refractivity contribution in [2.24, 2.45) is 5.92 Å². The van der Waals surface area contributed by atoms with E-state index in [0.717, 1.165) is 45.4 Å². The largest absolute Gasteiger partial charge is 0.338 e. The van der Waals surface area contributed by atoms with Crippen molar-refractivity contribution in [2.45, 2.75) is 26.2 Å². The fourth-order valence-corrected chi connectivity index (χ4v) is 2.43. The summed E-state index contributed by atoms with van der Waals surface area (Å²) < 4.78 is 0. The number of carbonyl (C=O) groups is 1. The molecule has 2 heterocycles. The number of hydrogen-bond donors (Lipinski definition) is 1. The molecular weight excluding hydrogens is 188 g/mol. The lowest BCUT2D eigenvalue weighted by Crippen LogP contribution is -2.43. The molecule has 3 heteroatoms. The van der Waals surface area contributed by atoms with Crippen LogP contribution in [0, 0.1) is 5.92 Å². The van der Waals surface area contributed by atoms with E-state index < -0.39 is 0 Å². The zero-order valence-corrected chi connectivity index (χ0v) is 9.46. The molecule has 0 aromatic rings. The highest BCUT2D eigenvalue weighted by atomic mass is 16.2. The van der Waals surface area contributed by atoms with E-state index in [1.807, 2.05) is 4.90 Å². The van der Waals surface area contributed by atoms with Gasteiger partial charge in [0.25, 0.3) is 0 Å². The summed E-state index contributed by atoms with van der Waals surface area (Å²) in [6.07, 6.45) is 5.30. The summed E-state index contributed by atoms with van der Waals surface area (Å²) >= 11 is 0. The predicted molar refractivity (Wildman–Crippen MR) is 60.5 cm³/mol. The van der Waals surface area contributed by atoms with Crippen LogP contribution in [-0.4, -0.2) is 37.0 Å². The molecule has 0 aromatic carbocycles. The Balaban J connectivity index is 1.92. The van der Waals surface area contributed by atoms with Crippen molar-refractivity contribution in [2.75, 3.05) is 26.2 Å². The molecule has 15 heavy (non-hydrogen) atoms. The summed E-state index contributed by atoms with van der Waals surface area (Å²) in [5.41, 5.74) is 1.34. The summed E-state index contributed by atoms with van der Waals surface area (Å²) in [6.45, 7) is 5.88. The molecule has 2 aliphatic heterocycles. The van der Waals surface area contributed by atoms with Crippen LogP contribution in [0.3, 0.4) is 0 Å². The lowest BCUT2D eigenvalue weighted by molar-refractivity contribution is -0.136. The lowest BCUT2D eigenvalue weighted by Gasteiger charge is -2.31. The van der Waals surface area contributed by atoms with Crippen LogP contribution in [0.4, 0.5) is 0 Å². The molecule has 0 spiro atoms. The van der Waals surface area contributed by atoms with E-state index in [1.165, 1.54) is 5.57 Å². The van der Waals surface area contributed by atoms with E-state index in [-0.39, 0.29) is 5.92 Å². The molecule has 1 fully saturated rings. The fraction of sp³-hybridized carbons (Fsp3) is 0.750. The molecule has 3 nitrogen and oxygen atoms in total. The molecule has 2 aliphatic rings. The minimum absolute atomic E-state index is 0.275. The van der Waals surface area contributed by atoms with Crippen molar-refractivity contribution in [3.8, 4) is 0 Å². The number of hydrogen-bond acceptors (Lipinski definition) is 2. The third-order valence-electron chi connectivity index (χ3n) is 3.33. The lowest BCUT2D eigenvalue weighted by atomic mass is 9.95. The Morgan fingerprint density at radius 3 is 2.87 bits per heavy atom. The molecule has 0 aliphatic carbocycles. The summed E-state index contributed by atoms with van der Waals surface area (Å²) in [4.78, 5) is 14.2. The van der Waals surface area contributed by atoms with Gasteiger partial charge in [-0.3, -0.25) is 4.79 Å². The van der Waals surface area contributed by atoms with Crippen LogP contribution >= 0.6 is 0 Å². The molecule has 2 rings (SSSR count). The van der Waals surface area contributed by atoms with Gasteiger partial charge in [-0.05, 0) is 39.3 Å². The number of piperidine rings is 1. The standard InChI is InChI=1S/C12H20N2O/c1-10-3-2-8-14(9-10)12(15)11-4-6-13-7-5-11/h3,11,13H,2,4-9H2,1H3. The highest BCUT2D eigenvalue weighted by Crippen LogP contribution is 2.18. The zero-order chi connectivity index (χ0) is 10.7. The van der Waals surface area contributed by atoms with Crippen molar-refractivity contribution >= 4 is 5.91 Å². The number of carbonyl (C=O) groups excluding carboxylic acids is 1. The minimum Gasteiger partial charge on any atom is -0.338 e. The van der Waals surface area contributed by atoms with E-state index in [2.05, 4.69) is 18.3 Å². The van der Waals surface area contributed by atoms with Crippen molar-refractivity contribution in [3.05, 3.63) is 11.6 Å². The topological polar surface area (TPSA) is 32.3 Å². The normalized spacial score (nSPS) is 23.8. The highest BCUT2D eigenvalue weighted by molar-refractivity contribution is 5.79. The number of amides is 1. The van der Waals surface area contributed by atoms with E-state index in [0.29, 0.717) is 5.91 Å². The van der Waals surface area contributed by atoms with Crippen LogP contribution in [0.15, 0.2) is 11.6 Å². The maximum atomic E-state index is 12.2. The monoisotopic (exact) mass is 208 g/mol. The maximum Gasteiger partial charge on any atom is 0.226 e. The first-order valence-electron chi connectivity index (χ1n) is 5.92. The van der Waals surface area contributed by atoms with E-state index in [4.69, 9.17) is 0 Å². The molecule has 0 radical (unpaired) electrons. The Hall–Kier alpha value is -0.830. The third-order valence-corrected chi connectivity index (χ3v) is 3.33. The quantitative estimate of drug-likeness (QED) is 0.656. The summed E-state index contributed by atoms with van der Waals surface area (Å²) in [5, 5.41) is 3.30. The molecular formula is C12H20N2O. The van der Waals surface area contributed by atoms with Crippen LogP contribution in [0.25, 0.3) is 0 Å². The van der Waals surface area contributed by atoms with Gasteiger partial charge in [0.1, 0.15) is 0 Å². The van der Waals surface area contributed by atoms with Crippen molar-refractivity contribution in [3.63, 3.8) is 0 Å². The molecule has 1 N–H and O–H groups in total. The van der Waals surface area contributed by atoms with E-state index >= 15 is 0 Å². The van der Waals surface area contributed by atoms with Crippen molar-refractivity contribution in [1.29, 1.82) is 0 Å². The molecule has 0 atom stereocenters. The molecule has 84 valence electrons. The molecule has 0 bridgehead atoms. The predicted octanol–water partition coefficient (Wildman–Crippen LogP) is 1.16. The second kappa shape index (κ2) is 4.79. The first-order chi connectivity index (χ1) is 7.27. The van der Waals surface area contributed by atoms with Crippen LogP contribution in [0.1, 0.15) is 26.2 Å². The SMILES string of the molecule is CC1=CCCN(C(=O)C2CCNCC2)C1. The number of rotatable bonds is 1. The van der Waals surface area contributed by atoms with Gasteiger partial charge < -0.3 is 10.2 Å². The van der Waals surface area contributed by atoms with Gasteiger partial charge in [0, 0.05) is 19.0 Å². The molecule has 0 unspecified atom stereocenters. The van der Waals surface area contributed by atoms with Gasteiger partial charge in [-0.1, -0.05) is 11.6 Å². The Morgan fingerprint density at radius 2 is 2.20 bits per heavy atom. The van der Waals surface area contributed by atoms with E-state index in [9.17, 15) is 4.79 Å². The van der Waals surface area contributed by atoms with Gasteiger partial charge in [0.05, 0.1) is 0 Å². The molecule has 1 saturated heterocycles. The summed E-state index contributed by atoms with van der Waals surface area (Å²) in [6, 6.07) is 0. The van der Waals surface area contributed by atoms with Gasteiger partial charge in [0.2, 0.25) is 5.91 Å². The fourth-order valence-electron chi connectivity index (χ4n) is 2.43. The van der Waals surface area contributed by atoms with Crippen LogP contribution < -0.4 is 5.32 Å². The third kappa shape index (κ3) is 2.59. The summed E-state index contributed by atoms with van der Waals surface area (Å²) in [7, 11) is 0. The molecule has 0 saturated carbocycles. The molecule has 1 amide bonds. The first kappa shape index (κ1) is 10.7. The van der Waals surface area contributed by atoms with Gasteiger partial charge >= 0.3 is 0 Å². The Morgan fingerprint density at radius 1 is 1.47 bits per heavy atom. The minimum atomic E-state index is 0.275. The first-order valence-corrected chi connectivity index (χ1v) is 5.92.